The molecule has 1 aliphatic carbocycles. The third-order valence-corrected chi connectivity index (χ3v) is 5.87. The fraction of sp³-hybridized carbons (Fsp3) is 0.440. The number of allylic oxidation sites excluding steroid dienone is 1. The number of hydrogen-bond acceptors (Lipinski definition) is 2. The fourth-order valence-corrected chi connectivity index (χ4v) is 3.99. The van der Waals surface area contributed by atoms with Gasteiger partial charge in [-0.15, -0.1) is 0 Å². The topological polar surface area (TPSA) is 18.5 Å². The van der Waals surface area contributed by atoms with Gasteiger partial charge in [-0.25, -0.2) is 22.0 Å². The lowest BCUT2D eigenvalue weighted by molar-refractivity contribution is -0.189. The van der Waals surface area contributed by atoms with Gasteiger partial charge >= 0.3 is 12.2 Å². The van der Waals surface area contributed by atoms with E-state index in [0.717, 1.165) is 25.7 Å². The van der Waals surface area contributed by atoms with E-state index in [1.165, 1.54) is 6.08 Å². The summed E-state index contributed by atoms with van der Waals surface area (Å²) in [4.78, 5) is 0. The zero-order valence-corrected chi connectivity index (χ0v) is 19.1. The van der Waals surface area contributed by atoms with Crippen molar-refractivity contribution in [2.75, 3.05) is 0 Å². The number of hydrogen-bond donors (Lipinski definition) is 0. The fourth-order valence-electron chi connectivity index (χ4n) is 3.99. The molecule has 0 radical (unpaired) electrons. The summed E-state index contributed by atoms with van der Waals surface area (Å²) in [7, 11) is 0. The molecule has 0 spiro atoms. The monoisotopic (exact) mass is 526 g/mol. The number of benzene rings is 2. The largest absolute Gasteiger partial charge is 0.432 e. The van der Waals surface area contributed by atoms with Gasteiger partial charge in [0.25, 0.3) is 0 Å². The van der Waals surface area contributed by atoms with E-state index in [9.17, 15) is 39.5 Å². The Labute approximate surface area is 201 Å². The SMILES string of the molecule is CCCCCC1CC=C(C(F)(F)Oc2cc(F)c(C(F)(F)Oc3cc(F)c(F)c(F)c3)c(F)c2)CC1. The molecule has 0 aliphatic heterocycles. The van der Waals surface area contributed by atoms with E-state index >= 15 is 0 Å². The first-order chi connectivity index (χ1) is 16.8. The Kier molecular flexibility index (Phi) is 8.51. The van der Waals surface area contributed by atoms with Crippen LogP contribution in [-0.4, -0.2) is 6.11 Å². The maximum Gasteiger partial charge on any atom is 0.432 e. The first kappa shape index (κ1) is 27.7. The molecule has 3 rings (SSSR count). The van der Waals surface area contributed by atoms with Crippen LogP contribution >= 0.6 is 0 Å². The number of halogens is 9. The highest BCUT2D eigenvalue weighted by molar-refractivity contribution is 5.35. The Hall–Kier alpha value is -2.85. The van der Waals surface area contributed by atoms with Gasteiger partial charge in [0.1, 0.15) is 28.7 Å². The molecule has 0 saturated carbocycles. The molecular weight excluding hydrogens is 503 g/mol. The number of rotatable bonds is 10. The van der Waals surface area contributed by atoms with Crippen LogP contribution in [0.1, 0.15) is 57.4 Å². The van der Waals surface area contributed by atoms with Gasteiger partial charge in [-0.05, 0) is 25.2 Å². The van der Waals surface area contributed by atoms with Crippen molar-refractivity contribution >= 4 is 0 Å². The highest BCUT2D eigenvalue weighted by atomic mass is 19.3. The smallest absolute Gasteiger partial charge is 0.429 e. The van der Waals surface area contributed by atoms with E-state index in [-0.39, 0.29) is 42.2 Å². The molecule has 11 heteroatoms. The second-order valence-electron chi connectivity index (χ2n) is 8.57. The van der Waals surface area contributed by atoms with Crippen molar-refractivity contribution < 1.29 is 49.0 Å². The standard InChI is InChI=1S/C25H23F9O2/c1-2-3-4-5-14-6-8-15(9-7-14)24(31,32)35-16-10-18(26)22(19(27)11-16)25(33,34)36-17-12-20(28)23(30)21(29)13-17/h8,10-14H,2-7,9H2,1H3. The van der Waals surface area contributed by atoms with Crippen LogP contribution in [-0.2, 0) is 6.11 Å². The number of alkyl halides is 4. The molecule has 2 aromatic rings. The Morgan fingerprint density at radius 3 is 1.81 bits per heavy atom. The van der Waals surface area contributed by atoms with Gasteiger partial charge < -0.3 is 9.47 Å². The predicted octanol–water partition coefficient (Wildman–Crippen LogP) is 8.79. The first-order valence-electron chi connectivity index (χ1n) is 11.3. The molecule has 1 unspecified atom stereocenters. The highest BCUT2D eigenvalue weighted by Crippen LogP contribution is 2.40. The third kappa shape index (κ3) is 6.47. The normalized spacial score (nSPS) is 16.6. The van der Waals surface area contributed by atoms with Gasteiger partial charge in [-0.2, -0.15) is 17.6 Å². The first-order valence-corrected chi connectivity index (χ1v) is 11.3. The summed E-state index contributed by atoms with van der Waals surface area (Å²) in [5.41, 5.74) is -2.40. The lowest BCUT2D eigenvalue weighted by Crippen LogP contribution is -2.30. The third-order valence-electron chi connectivity index (χ3n) is 5.87. The van der Waals surface area contributed by atoms with E-state index < -0.39 is 58.4 Å². The molecule has 2 nitrogen and oxygen atoms in total. The second-order valence-corrected chi connectivity index (χ2v) is 8.57. The Morgan fingerprint density at radius 2 is 1.31 bits per heavy atom. The van der Waals surface area contributed by atoms with E-state index in [1.807, 2.05) is 0 Å². The number of ether oxygens (including phenoxy) is 2. The van der Waals surface area contributed by atoms with E-state index in [0.29, 0.717) is 12.8 Å². The molecule has 0 bridgehead atoms. The summed E-state index contributed by atoms with van der Waals surface area (Å²) >= 11 is 0. The van der Waals surface area contributed by atoms with Gasteiger partial charge in [-0.3, -0.25) is 0 Å². The van der Waals surface area contributed by atoms with Crippen molar-refractivity contribution in [2.45, 2.75) is 64.1 Å². The molecule has 0 fully saturated rings. The summed E-state index contributed by atoms with van der Waals surface area (Å²) < 4.78 is 135. The zero-order chi connectivity index (χ0) is 26.7. The van der Waals surface area contributed by atoms with Crippen LogP contribution in [0.4, 0.5) is 39.5 Å². The summed E-state index contributed by atoms with van der Waals surface area (Å²) in [6.07, 6.45) is -2.60. The van der Waals surface area contributed by atoms with Crippen LogP contribution < -0.4 is 9.47 Å². The maximum atomic E-state index is 14.6. The van der Waals surface area contributed by atoms with Crippen molar-refractivity contribution in [3.8, 4) is 11.5 Å². The van der Waals surface area contributed by atoms with Gasteiger partial charge in [-0.1, -0.05) is 38.7 Å². The molecule has 1 atom stereocenters. The van der Waals surface area contributed by atoms with Crippen molar-refractivity contribution in [1.29, 1.82) is 0 Å². The average molecular weight is 526 g/mol. The Bertz CT molecular complexity index is 1070. The second kappa shape index (κ2) is 11.0. The van der Waals surface area contributed by atoms with Crippen LogP contribution in [0, 0.1) is 35.0 Å². The molecule has 198 valence electrons. The molecule has 0 amide bonds. The Balaban J connectivity index is 1.75. The van der Waals surface area contributed by atoms with E-state index in [1.54, 1.807) is 0 Å². The van der Waals surface area contributed by atoms with E-state index in [2.05, 4.69) is 16.4 Å². The molecule has 0 saturated heterocycles. The van der Waals surface area contributed by atoms with Crippen molar-refractivity contribution in [2.24, 2.45) is 5.92 Å². The van der Waals surface area contributed by atoms with Gasteiger partial charge in [0.05, 0.1) is 0 Å². The minimum Gasteiger partial charge on any atom is -0.429 e. The minimum atomic E-state index is -4.84. The molecule has 0 N–H and O–H groups in total. The van der Waals surface area contributed by atoms with Gasteiger partial charge in [0.2, 0.25) is 0 Å². The predicted molar refractivity (Wildman–Crippen MR) is 112 cm³/mol. The van der Waals surface area contributed by atoms with Crippen LogP contribution in [0.15, 0.2) is 35.9 Å². The van der Waals surface area contributed by atoms with E-state index in [4.69, 9.17) is 0 Å². The molecular formula is C25H23F9O2. The summed E-state index contributed by atoms with van der Waals surface area (Å²) in [5.74, 6) is -11.8. The van der Waals surface area contributed by atoms with Crippen LogP contribution in [0.2, 0.25) is 0 Å². The summed E-state index contributed by atoms with van der Waals surface area (Å²) in [5, 5.41) is 0. The van der Waals surface area contributed by atoms with Gasteiger partial charge in [0, 0.05) is 29.8 Å². The maximum absolute atomic E-state index is 14.6. The quantitative estimate of drug-likeness (QED) is 0.133. The van der Waals surface area contributed by atoms with Crippen molar-refractivity contribution in [3.63, 3.8) is 0 Å². The lowest BCUT2D eigenvalue weighted by Gasteiger charge is -2.27. The summed E-state index contributed by atoms with van der Waals surface area (Å²) in [6.45, 7) is 2.05. The highest BCUT2D eigenvalue weighted by Gasteiger charge is 2.43. The van der Waals surface area contributed by atoms with Crippen LogP contribution in [0.5, 0.6) is 11.5 Å². The molecule has 0 aromatic heterocycles. The number of unbranched alkanes of at least 4 members (excludes halogenated alkanes) is 2. The van der Waals surface area contributed by atoms with Crippen molar-refractivity contribution in [3.05, 3.63) is 70.6 Å². The molecule has 36 heavy (non-hydrogen) atoms. The molecule has 0 heterocycles. The Morgan fingerprint density at radius 1 is 0.778 bits per heavy atom. The molecule has 2 aromatic carbocycles. The van der Waals surface area contributed by atoms with Crippen molar-refractivity contribution in [1.82, 2.24) is 0 Å². The zero-order valence-electron chi connectivity index (χ0n) is 19.1. The van der Waals surface area contributed by atoms with Crippen LogP contribution in [0.25, 0.3) is 0 Å². The molecule has 1 aliphatic rings. The summed E-state index contributed by atoms with van der Waals surface area (Å²) in [6, 6.07) is 0.331. The minimum absolute atomic E-state index is 0.00351. The van der Waals surface area contributed by atoms with Gasteiger partial charge in [0.15, 0.2) is 17.5 Å². The lowest BCUT2D eigenvalue weighted by atomic mass is 9.85. The van der Waals surface area contributed by atoms with Crippen LogP contribution in [0.3, 0.4) is 0 Å². The average Bonchev–Trinajstić information content (AvgIpc) is 2.76.